The zero-order valence-corrected chi connectivity index (χ0v) is 74.9. The van der Waals surface area contributed by atoms with Crippen molar-refractivity contribution in [2.75, 3.05) is 0 Å². The molecule has 0 saturated heterocycles. The van der Waals surface area contributed by atoms with Crippen LogP contribution in [-0.2, 0) is 4.57 Å². The highest BCUT2D eigenvalue weighted by Gasteiger charge is 2.31. The molecule has 0 saturated carbocycles. The van der Waals surface area contributed by atoms with Gasteiger partial charge in [-0.1, -0.05) is 394 Å². The molecule has 0 amide bonds. The second kappa shape index (κ2) is 34.4. The molecule has 137 heavy (non-hydrogen) atoms. The number of benzene rings is 20. The summed E-state index contributed by atoms with van der Waals surface area (Å²) in [6.07, 6.45) is 0. The van der Waals surface area contributed by atoms with Crippen molar-refractivity contribution in [1.82, 2.24) is 24.9 Å². The van der Waals surface area contributed by atoms with Gasteiger partial charge in [0.2, 0.25) is 0 Å². The Labute approximate surface area is 788 Å². The quantitative estimate of drug-likeness (QED) is 0.104. The number of fused-ring (bicyclic) bond motifs is 18. The highest BCUT2D eigenvalue weighted by Crippen LogP contribution is 2.47. The van der Waals surface area contributed by atoms with Gasteiger partial charge < -0.3 is 17.8 Å². The fourth-order valence-electron chi connectivity index (χ4n) is 19.5. The van der Waals surface area contributed by atoms with Gasteiger partial charge in [0.05, 0.1) is 61.2 Å². The third-order valence-electron chi connectivity index (χ3n) is 26.5. The summed E-state index contributed by atoms with van der Waals surface area (Å²) < 4.78 is 34.1. The normalized spacial score (nSPS) is 11.7. The van der Waals surface area contributed by atoms with Crippen molar-refractivity contribution in [2.24, 2.45) is 0 Å². The first kappa shape index (κ1) is 81.1. The minimum absolute atomic E-state index is 0.692. The molecule has 9 nitrogen and oxygen atoms in total. The van der Waals surface area contributed by atoms with Gasteiger partial charge in [-0.2, -0.15) is 0 Å². The van der Waals surface area contributed by atoms with Crippen LogP contribution in [0.3, 0.4) is 0 Å². The van der Waals surface area contributed by atoms with Gasteiger partial charge in [-0.25, -0.2) is 24.9 Å². The maximum atomic E-state index is 14.9. The molecule has 27 aromatic rings. The average molecular weight is 1770 g/mol. The van der Waals surface area contributed by atoms with E-state index in [1.807, 2.05) is 188 Å². The summed E-state index contributed by atoms with van der Waals surface area (Å²) in [6.45, 7) is 0. The molecular weight excluding hydrogens is 1690 g/mol. The average Bonchev–Trinajstić information content (AvgIpc) is 1.57. The molecule has 0 radical (unpaired) electrons. The van der Waals surface area contributed by atoms with E-state index in [1.165, 1.54) is 54.9 Å². The second-order valence-electron chi connectivity index (χ2n) is 34.7. The smallest absolute Gasteiger partial charge is 0.171 e. The van der Waals surface area contributed by atoms with Crippen molar-refractivity contribution >= 4 is 154 Å². The van der Waals surface area contributed by atoms with E-state index in [0.29, 0.717) is 5.82 Å². The van der Waals surface area contributed by atoms with Crippen molar-refractivity contribution in [3.63, 3.8) is 0 Å². The molecule has 642 valence electrons. The van der Waals surface area contributed by atoms with E-state index in [1.54, 1.807) is 0 Å². The summed E-state index contributed by atoms with van der Waals surface area (Å²) in [6, 6.07) is 167. The maximum absolute atomic E-state index is 14.9. The van der Waals surface area contributed by atoms with Crippen LogP contribution in [-0.4, -0.2) is 24.9 Å². The van der Waals surface area contributed by atoms with Crippen molar-refractivity contribution in [2.45, 2.75) is 0 Å². The van der Waals surface area contributed by atoms with E-state index in [-0.39, 0.29) is 0 Å². The monoisotopic (exact) mass is 1770 g/mol. The van der Waals surface area contributed by atoms with Crippen molar-refractivity contribution in [3.8, 4) is 112 Å². The number of hydrogen-bond acceptors (Lipinski definition) is 9. The van der Waals surface area contributed by atoms with Crippen LogP contribution < -0.4 is 15.9 Å². The van der Waals surface area contributed by atoms with Gasteiger partial charge in [0.1, 0.15) is 33.5 Å². The number of hydrogen-bond donors (Lipinski definition) is 0. The Bertz CT molecular complexity index is 9370. The number of nitrogens with zero attached hydrogens (tertiary/aromatic N) is 5. The van der Waals surface area contributed by atoms with Gasteiger partial charge in [0, 0.05) is 81.6 Å². The second-order valence-corrected chi connectivity index (χ2v) is 37.5. The van der Waals surface area contributed by atoms with Crippen LogP contribution in [0.5, 0.6) is 0 Å². The Hall–Kier alpha value is -17.9. The van der Waals surface area contributed by atoms with Crippen LogP contribution in [0, 0.1) is 0 Å². The van der Waals surface area contributed by atoms with Crippen LogP contribution in [0.2, 0.25) is 0 Å². The van der Waals surface area contributed by atoms with Crippen LogP contribution in [0.1, 0.15) is 0 Å². The number of para-hydroxylation sites is 6. The molecule has 20 aromatic carbocycles. The lowest BCUT2D eigenvalue weighted by Crippen LogP contribution is -2.24. The highest BCUT2D eigenvalue weighted by molar-refractivity contribution is 7.85. The predicted molar refractivity (Wildman–Crippen MR) is 569 cm³/mol. The molecule has 7 heterocycles. The maximum Gasteiger partial charge on any atom is 0.171 e. The lowest BCUT2D eigenvalue weighted by molar-refractivity contribution is 0.592. The Morgan fingerprint density at radius 1 is 0.175 bits per heavy atom. The van der Waals surface area contributed by atoms with E-state index < -0.39 is 7.14 Å². The summed E-state index contributed by atoms with van der Waals surface area (Å²) in [4.78, 5) is 25.5. The molecule has 0 spiro atoms. The van der Waals surface area contributed by atoms with E-state index in [2.05, 4.69) is 297 Å². The van der Waals surface area contributed by atoms with E-state index in [9.17, 15) is 4.57 Å². The molecule has 0 fully saturated rings. The van der Waals surface area contributed by atoms with Gasteiger partial charge in [-0.15, -0.1) is 0 Å². The van der Waals surface area contributed by atoms with Gasteiger partial charge >= 0.3 is 0 Å². The zero-order valence-electron chi connectivity index (χ0n) is 74.0. The molecule has 0 atom stereocenters. The molecule has 27 rings (SSSR count). The SMILES string of the molecule is O=P(c1ccccc1)(c1ccccc1)c1ccc2cc(-c3ccc(-c4nc5ccccc5c5oc6ccccc6c45)cc3)ccc2c1.c1ccc(-c2ccc(-c3cc(-c4ccc(-c5nc6ccccc6c6oc7ccccc7c56)cc4)nc(-c4ccccc4)n3)cc2)cc1.c1ccc2cc(-c3ccc4cc(-c5ccc(-c6nc7ccccc7c7oc8ccccc8c67)cc5)ccc4c3)ccc2c1. The molecule has 0 N–H and O–H groups in total. The fraction of sp³-hybridized carbons (Fsp3) is 0. The Balaban J connectivity index is 0.000000109. The van der Waals surface area contributed by atoms with Crippen molar-refractivity contribution in [3.05, 3.63) is 485 Å². The van der Waals surface area contributed by atoms with Crippen LogP contribution in [0.25, 0.3) is 243 Å². The summed E-state index contributed by atoms with van der Waals surface area (Å²) in [5.74, 6) is 0.692. The molecule has 0 aliphatic carbocycles. The van der Waals surface area contributed by atoms with Gasteiger partial charge in [0.15, 0.2) is 13.0 Å². The first-order valence-electron chi connectivity index (χ1n) is 46.1. The number of rotatable bonds is 13. The van der Waals surface area contributed by atoms with Gasteiger partial charge in [0.25, 0.3) is 0 Å². The molecule has 10 heteroatoms. The highest BCUT2D eigenvalue weighted by atomic mass is 31.2. The summed E-state index contributed by atoms with van der Waals surface area (Å²) in [5.41, 5.74) is 28.1. The third-order valence-corrected chi connectivity index (χ3v) is 29.5. The Morgan fingerprint density at radius 3 is 0.832 bits per heavy atom. The molecule has 0 bridgehead atoms. The molecule has 7 aromatic heterocycles. The first-order valence-corrected chi connectivity index (χ1v) is 47.8. The van der Waals surface area contributed by atoms with E-state index >= 15 is 0 Å². The lowest BCUT2D eigenvalue weighted by atomic mass is 9.95. The standard InChI is InChI=1S/C43H27N3O.C43H28NO2P.C41H25NO/c1-3-11-28(12-4-1)29-19-21-30(22-20-29)37-27-38(46-43(45-37)33-13-5-2-6-14-33)31-23-25-32(26-24-31)41-40-35-16-8-10-18-39(35)47-42(40)34-15-7-9-17-36(34)44-41;45-47(34-11-3-1-4-12-34,35-13-5-2-6-14-35)36-26-25-32-27-31(23-24-33(32)28-36)29-19-21-30(22-20-29)42-41-38-16-8-10-18-40(38)46-43(41)37-15-7-9-17-39(37)44-42;1-2-8-29-23-31(18-15-26(29)7-1)34-22-21-32-24-30(19-20-33(32)25-34)27-13-16-28(17-14-27)40-39-36-10-4-6-12-38(36)43-41(39)35-9-3-5-11-37(35)42-40/h1-27H;1-28H;1-25H. The van der Waals surface area contributed by atoms with E-state index in [4.69, 9.17) is 38.2 Å². The Morgan fingerprint density at radius 2 is 0.438 bits per heavy atom. The van der Waals surface area contributed by atoms with Crippen LogP contribution >= 0.6 is 7.14 Å². The largest absolute Gasteiger partial charge is 0.455 e. The zero-order chi connectivity index (χ0) is 90.9. The Kier molecular flexibility index (Phi) is 20.4. The number of pyridine rings is 3. The fourth-order valence-corrected chi connectivity index (χ4v) is 22.2. The van der Waals surface area contributed by atoms with Crippen molar-refractivity contribution in [1.29, 1.82) is 0 Å². The molecule has 0 aliphatic rings. The van der Waals surface area contributed by atoms with E-state index in [0.717, 1.165) is 198 Å². The summed E-state index contributed by atoms with van der Waals surface area (Å²) in [7, 11) is -3.04. The summed E-state index contributed by atoms with van der Waals surface area (Å²) in [5, 5.41) is 19.1. The minimum Gasteiger partial charge on any atom is -0.455 e. The third kappa shape index (κ3) is 15.0. The minimum atomic E-state index is -3.04. The predicted octanol–water partition coefficient (Wildman–Crippen LogP) is 33.0. The lowest BCUT2D eigenvalue weighted by Gasteiger charge is -2.20. The van der Waals surface area contributed by atoms with Crippen LogP contribution in [0.4, 0.5) is 0 Å². The van der Waals surface area contributed by atoms with Crippen LogP contribution in [0.15, 0.2) is 499 Å². The first-order chi connectivity index (χ1) is 67.7. The molecule has 0 aliphatic heterocycles. The topological polar surface area (TPSA) is 121 Å². The van der Waals surface area contributed by atoms with Crippen molar-refractivity contribution < 1.29 is 17.8 Å². The molecular formula is C127H80N5O4P. The molecule has 0 unspecified atom stereocenters. The number of aromatic nitrogens is 5. The van der Waals surface area contributed by atoms with Gasteiger partial charge in [-0.3, -0.25) is 0 Å². The summed E-state index contributed by atoms with van der Waals surface area (Å²) >= 11 is 0. The van der Waals surface area contributed by atoms with Gasteiger partial charge in [-0.05, 0) is 168 Å². The number of furan rings is 3.